The Labute approximate surface area is 114 Å². The fourth-order valence-electron chi connectivity index (χ4n) is 1.75. The van der Waals surface area contributed by atoms with E-state index < -0.39 is 11.6 Å². The van der Waals surface area contributed by atoms with Crippen molar-refractivity contribution in [2.45, 2.75) is 19.8 Å². The molecule has 0 radical (unpaired) electrons. The van der Waals surface area contributed by atoms with E-state index in [0.29, 0.717) is 18.9 Å². The quantitative estimate of drug-likeness (QED) is 0.916. The van der Waals surface area contributed by atoms with Gasteiger partial charge in [0.05, 0.1) is 11.8 Å². The zero-order valence-electron chi connectivity index (χ0n) is 11.0. The molecule has 2 aromatic rings. The van der Waals surface area contributed by atoms with E-state index in [2.05, 4.69) is 10.3 Å². The van der Waals surface area contributed by atoms with Crippen LogP contribution in [0, 0.1) is 11.6 Å². The number of hydrogen-bond acceptors (Lipinski definition) is 3. The molecule has 0 bridgehead atoms. The van der Waals surface area contributed by atoms with Crippen molar-refractivity contribution in [3.05, 3.63) is 41.9 Å². The van der Waals surface area contributed by atoms with Crippen LogP contribution >= 0.6 is 0 Å². The highest BCUT2D eigenvalue weighted by Crippen LogP contribution is 2.24. The van der Waals surface area contributed by atoms with Gasteiger partial charge in [-0.25, -0.2) is 13.8 Å². The fourth-order valence-corrected chi connectivity index (χ4v) is 1.75. The number of carbonyl (C=O) groups is 1. The predicted octanol–water partition coefficient (Wildman–Crippen LogP) is 2.69. The van der Waals surface area contributed by atoms with E-state index in [1.807, 2.05) is 6.92 Å². The first kappa shape index (κ1) is 14.2. The summed E-state index contributed by atoms with van der Waals surface area (Å²) < 4.78 is 31.8. The number of rotatable bonds is 5. The first-order valence-electron chi connectivity index (χ1n) is 6.27. The van der Waals surface area contributed by atoms with Gasteiger partial charge in [0.25, 0.3) is 0 Å². The maximum Gasteiger partial charge on any atom is 0.220 e. The molecule has 6 heteroatoms. The molecule has 0 saturated carbocycles. The zero-order valence-corrected chi connectivity index (χ0v) is 11.0. The topological polar surface area (TPSA) is 55.1 Å². The van der Waals surface area contributed by atoms with Crippen LogP contribution in [0.25, 0.3) is 11.3 Å². The minimum atomic E-state index is -0.712. The Morgan fingerprint density at radius 1 is 1.40 bits per heavy atom. The van der Waals surface area contributed by atoms with Crippen LogP contribution in [-0.4, -0.2) is 17.4 Å². The lowest BCUT2D eigenvalue weighted by Gasteiger charge is -2.00. The van der Waals surface area contributed by atoms with E-state index in [9.17, 15) is 13.6 Å². The Morgan fingerprint density at radius 2 is 2.20 bits per heavy atom. The monoisotopic (exact) mass is 280 g/mol. The Bertz CT molecular complexity index is 611. The molecule has 0 fully saturated rings. The number of aromatic nitrogens is 1. The first-order chi connectivity index (χ1) is 9.60. The molecule has 106 valence electrons. The van der Waals surface area contributed by atoms with Crippen molar-refractivity contribution in [2.24, 2.45) is 0 Å². The van der Waals surface area contributed by atoms with Crippen molar-refractivity contribution < 1.29 is 18.0 Å². The molecular formula is C14H14F2N2O2. The molecule has 0 atom stereocenters. The van der Waals surface area contributed by atoms with E-state index >= 15 is 0 Å². The molecular weight excluding hydrogens is 266 g/mol. The highest BCUT2D eigenvalue weighted by atomic mass is 19.1. The van der Waals surface area contributed by atoms with E-state index in [4.69, 9.17) is 4.42 Å². The molecule has 4 nitrogen and oxygen atoms in total. The SMILES string of the molecule is CCNC(=O)CCc1ncc(-c2ccc(F)cc2F)o1. The molecule has 0 aliphatic heterocycles. The highest BCUT2D eigenvalue weighted by molar-refractivity contribution is 5.75. The molecule has 20 heavy (non-hydrogen) atoms. The zero-order chi connectivity index (χ0) is 14.5. The van der Waals surface area contributed by atoms with Gasteiger partial charge in [-0.05, 0) is 19.1 Å². The van der Waals surface area contributed by atoms with Crippen molar-refractivity contribution >= 4 is 5.91 Å². The van der Waals surface area contributed by atoms with Gasteiger partial charge in [0, 0.05) is 25.5 Å². The van der Waals surface area contributed by atoms with Gasteiger partial charge in [-0.3, -0.25) is 4.79 Å². The van der Waals surface area contributed by atoms with Gasteiger partial charge in [0.1, 0.15) is 11.6 Å². The van der Waals surface area contributed by atoms with Gasteiger partial charge in [0.15, 0.2) is 11.7 Å². The summed E-state index contributed by atoms with van der Waals surface area (Å²) in [7, 11) is 0. The minimum Gasteiger partial charge on any atom is -0.441 e. The van der Waals surface area contributed by atoms with E-state index in [-0.39, 0.29) is 23.7 Å². The van der Waals surface area contributed by atoms with Crippen molar-refractivity contribution in [1.29, 1.82) is 0 Å². The first-order valence-corrected chi connectivity index (χ1v) is 6.27. The normalized spacial score (nSPS) is 10.6. The number of amides is 1. The summed E-state index contributed by atoms with van der Waals surface area (Å²) in [5, 5.41) is 2.66. The second kappa shape index (κ2) is 6.27. The third-order valence-corrected chi connectivity index (χ3v) is 2.69. The lowest BCUT2D eigenvalue weighted by atomic mass is 10.2. The van der Waals surface area contributed by atoms with Gasteiger partial charge in [-0.15, -0.1) is 0 Å². The molecule has 1 N–H and O–H groups in total. The largest absolute Gasteiger partial charge is 0.441 e. The number of nitrogens with one attached hydrogen (secondary N) is 1. The maximum absolute atomic E-state index is 13.6. The van der Waals surface area contributed by atoms with Crippen LogP contribution in [0.3, 0.4) is 0 Å². The lowest BCUT2D eigenvalue weighted by Crippen LogP contribution is -2.22. The summed E-state index contributed by atoms with van der Waals surface area (Å²) >= 11 is 0. The molecule has 2 rings (SSSR count). The average Bonchev–Trinajstić information content (AvgIpc) is 2.85. The molecule has 0 saturated heterocycles. The molecule has 1 aromatic heterocycles. The predicted molar refractivity (Wildman–Crippen MR) is 68.9 cm³/mol. The number of benzene rings is 1. The Kier molecular flexibility index (Phi) is 4.45. The third kappa shape index (κ3) is 3.40. The number of aryl methyl sites for hydroxylation is 1. The second-order valence-electron chi connectivity index (χ2n) is 4.20. The Balaban J connectivity index is 2.07. The summed E-state index contributed by atoms with van der Waals surface area (Å²) in [4.78, 5) is 15.3. The third-order valence-electron chi connectivity index (χ3n) is 2.69. The summed E-state index contributed by atoms with van der Waals surface area (Å²) in [5.41, 5.74) is 0.142. The molecule has 1 aromatic carbocycles. The fraction of sp³-hybridized carbons (Fsp3) is 0.286. The summed E-state index contributed by atoms with van der Waals surface area (Å²) in [6.07, 6.45) is 1.94. The highest BCUT2D eigenvalue weighted by Gasteiger charge is 2.12. The van der Waals surface area contributed by atoms with Crippen molar-refractivity contribution in [2.75, 3.05) is 6.54 Å². The van der Waals surface area contributed by atoms with Crippen molar-refractivity contribution in [3.8, 4) is 11.3 Å². The number of nitrogens with zero attached hydrogens (tertiary/aromatic N) is 1. The van der Waals surface area contributed by atoms with Gasteiger partial charge >= 0.3 is 0 Å². The molecule has 1 heterocycles. The van der Waals surface area contributed by atoms with Crippen LogP contribution < -0.4 is 5.32 Å². The van der Waals surface area contributed by atoms with Gasteiger partial charge in [-0.1, -0.05) is 0 Å². The summed E-state index contributed by atoms with van der Waals surface area (Å²) in [6, 6.07) is 3.22. The molecule has 0 aliphatic rings. The average molecular weight is 280 g/mol. The Morgan fingerprint density at radius 3 is 2.90 bits per heavy atom. The van der Waals surface area contributed by atoms with Crippen LogP contribution in [0.1, 0.15) is 19.2 Å². The van der Waals surface area contributed by atoms with Crippen molar-refractivity contribution in [3.63, 3.8) is 0 Å². The molecule has 0 spiro atoms. The lowest BCUT2D eigenvalue weighted by molar-refractivity contribution is -0.121. The van der Waals surface area contributed by atoms with Crippen molar-refractivity contribution in [1.82, 2.24) is 10.3 Å². The van der Waals surface area contributed by atoms with Crippen LogP contribution in [-0.2, 0) is 11.2 Å². The van der Waals surface area contributed by atoms with Gasteiger partial charge in [-0.2, -0.15) is 0 Å². The van der Waals surface area contributed by atoms with E-state index in [1.54, 1.807) is 0 Å². The summed E-state index contributed by atoms with van der Waals surface area (Å²) in [6.45, 7) is 2.40. The van der Waals surface area contributed by atoms with Crippen LogP contribution in [0.2, 0.25) is 0 Å². The van der Waals surface area contributed by atoms with E-state index in [0.717, 1.165) is 12.1 Å². The van der Waals surface area contributed by atoms with Crippen LogP contribution in [0.15, 0.2) is 28.8 Å². The minimum absolute atomic E-state index is 0.0970. The smallest absolute Gasteiger partial charge is 0.220 e. The maximum atomic E-state index is 13.6. The second-order valence-corrected chi connectivity index (χ2v) is 4.20. The van der Waals surface area contributed by atoms with E-state index in [1.165, 1.54) is 12.3 Å². The number of hydrogen-bond donors (Lipinski definition) is 1. The standard InChI is InChI=1S/C14H14F2N2O2/c1-2-17-13(19)5-6-14-18-8-12(20-14)10-4-3-9(15)7-11(10)16/h3-4,7-8H,2,5-6H2,1H3,(H,17,19). The van der Waals surface area contributed by atoms with Gasteiger partial charge < -0.3 is 9.73 Å². The summed E-state index contributed by atoms with van der Waals surface area (Å²) in [5.74, 6) is -0.901. The Hall–Kier alpha value is -2.24. The van der Waals surface area contributed by atoms with Gasteiger partial charge in [0.2, 0.25) is 5.91 Å². The van der Waals surface area contributed by atoms with Crippen LogP contribution in [0.5, 0.6) is 0 Å². The molecule has 0 unspecified atom stereocenters. The molecule has 0 aliphatic carbocycles. The molecule has 1 amide bonds. The number of carbonyl (C=O) groups excluding carboxylic acids is 1. The van der Waals surface area contributed by atoms with Crippen LogP contribution in [0.4, 0.5) is 8.78 Å². The number of oxazole rings is 1. The number of halogens is 2.